The third-order valence-electron chi connectivity index (χ3n) is 4.31. The summed E-state index contributed by atoms with van der Waals surface area (Å²) < 4.78 is 5.06. The highest BCUT2D eigenvalue weighted by Gasteiger charge is 2.46. The van der Waals surface area contributed by atoms with Crippen LogP contribution in [0.1, 0.15) is 28.3 Å². The van der Waals surface area contributed by atoms with Crippen LogP contribution in [-0.2, 0) is 9.53 Å². The van der Waals surface area contributed by atoms with Crippen LogP contribution < -0.4 is 5.32 Å². The lowest BCUT2D eigenvalue weighted by atomic mass is 9.76. The Morgan fingerprint density at radius 1 is 1.08 bits per heavy atom. The van der Waals surface area contributed by atoms with Gasteiger partial charge < -0.3 is 10.1 Å². The molecule has 2 aromatic rings. The number of esters is 1. The molecule has 0 saturated heterocycles. The molecule has 134 valence electrons. The Hall–Kier alpha value is -3.14. The molecule has 0 fully saturated rings. The number of amides is 1. The highest BCUT2D eigenvalue weighted by atomic mass is 16.5. The lowest BCUT2D eigenvalue weighted by Gasteiger charge is -2.37. The van der Waals surface area contributed by atoms with Crippen molar-refractivity contribution in [2.75, 3.05) is 7.11 Å². The Balaban J connectivity index is 2.53. The predicted molar refractivity (Wildman–Crippen MR) is 103 cm³/mol. The second-order valence-corrected chi connectivity index (χ2v) is 5.90. The molecule has 0 unspecified atom stereocenters. The zero-order chi connectivity index (χ0) is 19.0. The smallest absolute Gasteiger partial charge is 0.332 e. The van der Waals surface area contributed by atoms with E-state index in [2.05, 4.69) is 18.5 Å². The van der Waals surface area contributed by atoms with Gasteiger partial charge in [-0.15, -0.1) is 13.2 Å². The summed E-state index contributed by atoms with van der Waals surface area (Å²) in [4.78, 5) is 25.7. The second kappa shape index (κ2) is 8.81. The van der Waals surface area contributed by atoms with Gasteiger partial charge in [-0.1, -0.05) is 60.7 Å². The number of carbonyl (C=O) groups is 2. The van der Waals surface area contributed by atoms with Gasteiger partial charge in [0.05, 0.1) is 7.11 Å². The van der Waals surface area contributed by atoms with E-state index in [1.807, 2.05) is 36.4 Å². The largest absolute Gasteiger partial charge is 0.467 e. The molecule has 0 aliphatic heterocycles. The number of hydrogen-bond acceptors (Lipinski definition) is 3. The summed E-state index contributed by atoms with van der Waals surface area (Å²) in [6, 6.07) is 18.2. The fourth-order valence-corrected chi connectivity index (χ4v) is 3.07. The monoisotopic (exact) mass is 349 g/mol. The minimum absolute atomic E-state index is 0.198. The zero-order valence-electron chi connectivity index (χ0n) is 14.9. The van der Waals surface area contributed by atoms with Gasteiger partial charge in [0.25, 0.3) is 5.91 Å². The molecule has 0 spiro atoms. The van der Waals surface area contributed by atoms with Crippen LogP contribution in [0.5, 0.6) is 0 Å². The zero-order valence-corrected chi connectivity index (χ0v) is 14.9. The van der Waals surface area contributed by atoms with E-state index in [0.29, 0.717) is 5.56 Å². The van der Waals surface area contributed by atoms with Crippen LogP contribution in [0.2, 0.25) is 0 Å². The highest BCUT2D eigenvalue weighted by Crippen LogP contribution is 2.34. The lowest BCUT2D eigenvalue weighted by molar-refractivity contribution is -0.148. The van der Waals surface area contributed by atoms with Gasteiger partial charge in [0, 0.05) is 11.5 Å². The third kappa shape index (κ3) is 3.91. The molecule has 2 rings (SSSR count). The van der Waals surface area contributed by atoms with Crippen molar-refractivity contribution >= 4 is 11.9 Å². The number of methoxy groups -OCH3 is 1. The van der Waals surface area contributed by atoms with Crippen LogP contribution in [0, 0.1) is 0 Å². The molecule has 0 radical (unpaired) electrons. The van der Waals surface area contributed by atoms with E-state index in [4.69, 9.17) is 4.74 Å². The molecule has 1 N–H and O–H groups in total. The first-order valence-electron chi connectivity index (χ1n) is 8.33. The Labute approximate surface area is 154 Å². The van der Waals surface area contributed by atoms with Gasteiger partial charge in [-0.3, -0.25) is 4.79 Å². The molecular weight excluding hydrogens is 326 g/mol. The van der Waals surface area contributed by atoms with Crippen LogP contribution >= 0.6 is 0 Å². The molecule has 4 heteroatoms. The number of carbonyl (C=O) groups excluding carboxylic acids is 2. The van der Waals surface area contributed by atoms with Gasteiger partial charge in [-0.05, 0) is 24.1 Å². The van der Waals surface area contributed by atoms with Crippen LogP contribution in [0.15, 0.2) is 86.0 Å². The van der Waals surface area contributed by atoms with Crippen molar-refractivity contribution in [2.45, 2.75) is 17.9 Å². The van der Waals surface area contributed by atoms with Crippen LogP contribution in [0.25, 0.3) is 0 Å². The molecule has 26 heavy (non-hydrogen) atoms. The Bertz CT molecular complexity index is 770. The highest BCUT2D eigenvalue weighted by molar-refractivity contribution is 5.98. The first-order valence-corrected chi connectivity index (χ1v) is 8.33. The molecule has 0 heterocycles. The summed E-state index contributed by atoms with van der Waals surface area (Å²) in [6.45, 7) is 7.65. The summed E-state index contributed by atoms with van der Waals surface area (Å²) in [5, 5.41) is 2.89. The summed E-state index contributed by atoms with van der Waals surface area (Å²) >= 11 is 0. The number of nitrogens with one attached hydrogen (secondary N) is 1. The first kappa shape index (κ1) is 19.2. The lowest BCUT2D eigenvalue weighted by Crippen LogP contribution is -2.58. The van der Waals surface area contributed by atoms with Gasteiger partial charge in [0.1, 0.15) is 0 Å². The van der Waals surface area contributed by atoms with Gasteiger partial charge in [-0.2, -0.15) is 0 Å². The first-order chi connectivity index (χ1) is 12.6. The van der Waals surface area contributed by atoms with Crippen molar-refractivity contribution in [1.29, 1.82) is 0 Å². The number of benzene rings is 2. The predicted octanol–water partition coefficient (Wildman–Crippen LogP) is 3.87. The molecule has 0 aliphatic carbocycles. The fourth-order valence-electron chi connectivity index (χ4n) is 3.07. The summed E-state index contributed by atoms with van der Waals surface area (Å²) in [7, 11) is 1.31. The molecule has 2 aromatic carbocycles. The number of rotatable bonds is 8. The van der Waals surface area contributed by atoms with E-state index in [0.717, 1.165) is 5.56 Å². The van der Waals surface area contributed by atoms with E-state index in [1.165, 1.54) is 7.11 Å². The maximum Gasteiger partial charge on any atom is 0.332 e. The third-order valence-corrected chi connectivity index (χ3v) is 4.31. The van der Waals surface area contributed by atoms with E-state index in [1.54, 1.807) is 36.4 Å². The van der Waals surface area contributed by atoms with Crippen LogP contribution in [0.3, 0.4) is 0 Å². The number of ether oxygens (including phenoxy) is 1. The summed E-state index contributed by atoms with van der Waals surface area (Å²) in [6.07, 6.45) is 3.45. The van der Waals surface area contributed by atoms with Crippen molar-refractivity contribution in [3.05, 3.63) is 97.1 Å². The van der Waals surface area contributed by atoms with Gasteiger partial charge >= 0.3 is 5.97 Å². The SMILES string of the molecule is C=CC[C@@](NC(=O)c1ccccc1)(C(=O)OC)[C@@H](C=C)c1ccccc1. The van der Waals surface area contributed by atoms with E-state index in [-0.39, 0.29) is 12.3 Å². The molecular formula is C22H23NO3. The Morgan fingerprint density at radius 2 is 1.65 bits per heavy atom. The van der Waals surface area contributed by atoms with Gasteiger partial charge in [0.2, 0.25) is 0 Å². The molecule has 0 aromatic heterocycles. The summed E-state index contributed by atoms with van der Waals surface area (Å²) in [5.41, 5.74) is -0.0316. The van der Waals surface area contributed by atoms with E-state index in [9.17, 15) is 9.59 Å². The van der Waals surface area contributed by atoms with Crippen molar-refractivity contribution < 1.29 is 14.3 Å². The molecule has 0 aliphatic rings. The van der Waals surface area contributed by atoms with Gasteiger partial charge in [0.15, 0.2) is 5.54 Å². The number of hydrogen-bond donors (Lipinski definition) is 1. The molecule has 0 saturated carbocycles. The Morgan fingerprint density at radius 3 is 2.15 bits per heavy atom. The maximum absolute atomic E-state index is 12.8. The standard InChI is InChI=1S/C22H23NO3/c1-4-16-22(21(25)26-3,19(5-2)17-12-8-6-9-13-17)23-20(24)18-14-10-7-11-15-18/h4-15,19H,1-2,16H2,3H3,(H,23,24)/t19-,22-/m0/s1. The molecule has 2 atom stereocenters. The summed E-state index contributed by atoms with van der Waals surface area (Å²) in [5.74, 6) is -1.39. The van der Waals surface area contributed by atoms with Crippen molar-refractivity contribution in [2.24, 2.45) is 0 Å². The van der Waals surface area contributed by atoms with Crippen molar-refractivity contribution in [3.8, 4) is 0 Å². The van der Waals surface area contributed by atoms with Crippen molar-refractivity contribution in [3.63, 3.8) is 0 Å². The Kier molecular flexibility index (Phi) is 6.50. The quantitative estimate of drug-likeness (QED) is 0.581. The normalized spacial score (nSPS) is 13.7. The van der Waals surface area contributed by atoms with Gasteiger partial charge in [-0.25, -0.2) is 4.79 Å². The minimum Gasteiger partial charge on any atom is -0.467 e. The van der Waals surface area contributed by atoms with Crippen LogP contribution in [0.4, 0.5) is 0 Å². The van der Waals surface area contributed by atoms with Crippen LogP contribution in [-0.4, -0.2) is 24.5 Å². The second-order valence-electron chi connectivity index (χ2n) is 5.90. The maximum atomic E-state index is 12.8. The van der Waals surface area contributed by atoms with E-state index < -0.39 is 17.4 Å². The molecule has 4 nitrogen and oxygen atoms in total. The topological polar surface area (TPSA) is 55.4 Å². The van der Waals surface area contributed by atoms with E-state index >= 15 is 0 Å². The fraction of sp³-hybridized carbons (Fsp3) is 0.182. The molecule has 0 bridgehead atoms. The minimum atomic E-state index is -1.34. The average molecular weight is 349 g/mol. The molecule has 1 amide bonds. The average Bonchev–Trinajstić information content (AvgIpc) is 2.69. The van der Waals surface area contributed by atoms with Crippen molar-refractivity contribution in [1.82, 2.24) is 5.32 Å².